The fourth-order valence-corrected chi connectivity index (χ4v) is 1.88. The van der Waals surface area contributed by atoms with Crippen molar-refractivity contribution < 1.29 is 19.6 Å². The summed E-state index contributed by atoms with van der Waals surface area (Å²) in [7, 11) is -1.54. The van der Waals surface area contributed by atoms with Gasteiger partial charge >= 0.3 is 13.1 Å². The SMILES string of the molecule is Cc1cc(B(O)O)ccc1C(=O)OCc1ccccc1. The van der Waals surface area contributed by atoms with Gasteiger partial charge in [-0.2, -0.15) is 0 Å². The van der Waals surface area contributed by atoms with Crippen molar-refractivity contribution in [2.45, 2.75) is 13.5 Å². The molecule has 20 heavy (non-hydrogen) atoms. The van der Waals surface area contributed by atoms with E-state index in [0.717, 1.165) is 5.56 Å². The normalized spacial score (nSPS) is 10.2. The Morgan fingerprint density at radius 3 is 2.45 bits per heavy atom. The first-order chi connectivity index (χ1) is 9.58. The van der Waals surface area contributed by atoms with Crippen LogP contribution in [0.4, 0.5) is 0 Å². The predicted octanol–water partition coefficient (Wildman–Crippen LogP) is 1.03. The molecule has 5 heteroatoms. The fourth-order valence-electron chi connectivity index (χ4n) is 1.88. The number of ether oxygens (including phenoxy) is 1. The highest BCUT2D eigenvalue weighted by atomic mass is 16.5. The Kier molecular flexibility index (Phi) is 4.55. The maximum absolute atomic E-state index is 12.0. The average molecular weight is 270 g/mol. The standard InChI is InChI=1S/C15H15BO4/c1-11-9-13(16(18)19)7-8-14(11)15(17)20-10-12-5-3-2-4-6-12/h2-9,18-19H,10H2,1H3. The Morgan fingerprint density at radius 1 is 1.15 bits per heavy atom. The Bertz CT molecular complexity index is 596. The van der Waals surface area contributed by atoms with Gasteiger partial charge in [-0.25, -0.2) is 4.79 Å². The molecule has 0 radical (unpaired) electrons. The van der Waals surface area contributed by atoms with Crippen LogP contribution in [0.2, 0.25) is 0 Å². The Morgan fingerprint density at radius 2 is 1.85 bits per heavy atom. The van der Waals surface area contributed by atoms with Gasteiger partial charge in [0, 0.05) is 0 Å². The van der Waals surface area contributed by atoms with Crippen LogP contribution in [0.15, 0.2) is 48.5 Å². The lowest BCUT2D eigenvalue weighted by Gasteiger charge is -2.09. The van der Waals surface area contributed by atoms with E-state index in [0.29, 0.717) is 16.6 Å². The summed E-state index contributed by atoms with van der Waals surface area (Å²) in [6, 6.07) is 14.0. The summed E-state index contributed by atoms with van der Waals surface area (Å²) in [5.74, 6) is -0.426. The molecule has 0 heterocycles. The lowest BCUT2D eigenvalue weighted by atomic mass is 9.79. The summed E-state index contributed by atoms with van der Waals surface area (Å²) in [5.41, 5.74) is 2.34. The van der Waals surface area contributed by atoms with Crippen LogP contribution < -0.4 is 5.46 Å². The molecule has 2 rings (SSSR count). The van der Waals surface area contributed by atoms with Gasteiger partial charge in [0.15, 0.2) is 0 Å². The number of hydrogen-bond acceptors (Lipinski definition) is 4. The van der Waals surface area contributed by atoms with Crippen LogP contribution in [0.25, 0.3) is 0 Å². The van der Waals surface area contributed by atoms with Crippen LogP contribution in [0.1, 0.15) is 21.5 Å². The molecular weight excluding hydrogens is 255 g/mol. The van der Waals surface area contributed by atoms with Gasteiger partial charge in [-0.3, -0.25) is 0 Å². The number of carbonyl (C=O) groups excluding carboxylic acids is 1. The molecular formula is C15H15BO4. The lowest BCUT2D eigenvalue weighted by Crippen LogP contribution is -2.30. The number of benzene rings is 2. The fraction of sp³-hybridized carbons (Fsp3) is 0.133. The van der Waals surface area contributed by atoms with Gasteiger partial charge in [0.1, 0.15) is 6.61 Å². The molecule has 0 atom stereocenters. The number of rotatable bonds is 4. The first-order valence-corrected chi connectivity index (χ1v) is 6.25. The van der Waals surface area contributed by atoms with Crippen molar-refractivity contribution in [3.63, 3.8) is 0 Å². The molecule has 0 aliphatic rings. The maximum Gasteiger partial charge on any atom is 0.488 e. The third kappa shape index (κ3) is 3.47. The number of carbonyl (C=O) groups is 1. The second-order valence-corrected chi connectivity index (χ2v) is 4.51. The summed E-state index contributed by atoms with van der Waals surface area (Å²) in [6.07, 6.45) is 0. The maximum atomic E-state index is 12.0. The Hall–Kier alpha value is -2.11. The molecule has 2 N–H and O–H groups in total. The summed E-state index contributed by atoms with van der Waals surface area (Å²) in [5, 5.41) is 18.1. The van der Waals surface area contributed by atoms with Crippen molar-refractivity contribution in [2.75, 3.05) is 0 Å². The van der Waals surface area contributed by atoms with E-state index < -0.39 is 13.1 Å². The van der Waals surface area contributed by atoms with Crippen molar-refractivity contribution in [3.8, 4) is 0 Å². The summed E-state index contributed by atoms with van der Waals surface area (Å²) in [4.78, 5) is 12.0. The molecule has 0 saturated carbocycles. The second kappa shape index (κ2) is 6.37. The molecule has 4 nitrogen and oxygen atoms in total. The molecule has 0 saturated heterocycles. The summed E-state index contributed by atoms with van der Waals surface area (Å²) >= 11 is 0. The van der Waals surface area contributed by atoms with Crippen LogP contribution in [0.5, 0.6) is 0 Å². The minimum atomic E-state index is -1.54. The van der Waals surface area contributed by atoms with E-state index in [1.807, 2.05) is 30.3 Å². The number of esters is 1. The van der Waals surface area contributed by atoms with Crippen molar-refractivity contribution in [3.05, 3.63) is 65.2 Å². The molecule has 0 aliphatic carbocycles. The zero-order valence-electron chi connectivity index (χ0n) is 11.1. The van der Waals surface area contributed by atoms with E-state index in [1.165, 1.54) is 12.1 Å². The van der Waals surface area contributed by atoms with Gasteiger partial charge in [0.05, 0.1) is 5.56 Å². The van der Waals surface area contributed by atoms with Crippen LogP contribution in [0.3, 0.4) is 0 Å². The van der Waals surface area contributed by atoms with E-state index >= 15 is 0 Å². The third-order valence-electron chi connectivity index (χ3n) is 2.98. The van der Waals surface area contributed by atoms with E-state index in [-0.39, 0.29) is 6.61 Å². The van der Waals surface area contributed by atoms with E-state index in [1.54, 1.807) is 13.0 Å². The minimum Gasteiger partial charge on any atom is -0.457 e. The minimum absolute atomic E-state index is 0.212. The largest absolute Gasteiger partial charge is 0.488 e. The van der Waals surface area contributed by atoms with Crippen LogP contribution in [0, 0.1) is 6.92 Å². The third-order valence-corrected chi connectivity index (χ3v) is 2.98. The Labute approximate surface area is 117 Å². The summed E-state index contributed by atoms with van der Waals surface area (Å²) < 4.78 is 5.23. The van der Waals surface area contributed by atoms with Crippen molar-refractivity contribution >= 4 is 18.6 Å². The Balaban J connectivity index is 2.06. The van der Waals surface area contributed by atoms with Gasteiger partial charge in [0.25, 0.3) is 0 Å². The van der Waals surface area contributed by atoms with Gasteiger partial charge in [-0.1, -0.05) is 42.5 Å². The highest BCUT2D eigenvalue weighted by Gasteiger charge is 2.15. The van der Waals surface area contributed by atoms with E-state index in [9.17, 15) is 4.79 Å². The molecule has 0 aromatic heterocycles. The van der Waals surface area contributed by atoms with Gasteiger partial charge < -0.3 is 14.8 Å². The van der Waals surface area contributed by atoms with Crippen molar-refractivity contribution in [2.24, 2.45) is 0 Å². The molecule has 0 bridgehead atoms. The molecule has 0 unspecified atom stereocenters. The molecule has 0 spiro atoms. The van der Waals surface area contributed by atoms with Crippen LogP contribution >= 0.6 is 0 Å². The predicted molar refractivity (Wildman–Crippen MR) is 76.6 cm³/mol. The highest BCUT2D eigenvalue weighted by molar-refractivity contribution is 6.58. The number of aryl methyl sites for hydroxylation is 1. The monoisotopic (exact) mass is 270 g/mol. The zero-order valence-corrected chi connectivity index (χ0v) is 11.1. The second-order valence-electron chi connectivity index (χ2n) is 4.51. The van der Waals surface area contributed by atoms with Crippen molar-refractivity contribution in [1.82, 2.24) is 0 Å². The van der Waals surface area contributed by atoms with E-state index in [4.69, 9.17) is 14.8 Å². The topological polar surface area (TPSA) is 66.8 Å². The molecule has 0 aliphatic heterocycles. The number of hydrogen-bond donors (Lipinski definition) is 2. The lowest BCUT2D eigenvalue weighted by molar-refractivity contribution is 0.0472. The zero-order chi connectivity index (χ0) is 14.5. The smallest absolute Gasteiger partial charge is 0.457 e. The molecule has 2 aromatic rings. The highest BCUT2D eigenvalue weighted by Crippen LogP contribution is 2.10. The van der Waals surface area contributed by atoms with Gasteiger partial charge in [-0.05, 0) is 29.6 Å². The first-order valence-electron chi connectivity index (χ1n) is 6.25. The molecule has 2 aromatic carbocycles. The average Bonchev–Trinajstić information content (AvgIpc) is 2.45. The van der Waals surface area contributed by atoms with Gasteiger partial charge in [-0.15, -0.1) is 0 Å². The summed E-state index contributed by atoms with van der Waals surface area (Å²) in [6.45, 7) is 1.94. The molecule has 0 amide bonds. The van der Waals surface area contributed by atoms with E-state index in [2.05, 4.69) is 0 Å². The van der Waals surface area contributed by atoms with Crippen LogP contribution in [-0.2, 0) is 11.3 Å². The van der Waals surface area contributed by atoms with Crippen LogP contribution in [-0.4, -0.2) is 23.1 Å². The quantitative estimate of drug-likeness (QED) is 0.643. The molecule has 102 valence electrons. The molecule has 0 fully saturated rings. The van der Waals surface area contributed by atoms with Crippen molar-refractivity contribution in [1.29, 1.82) is 0 Å². The first kappa shape index (κ1) is 14.3. The van der Waals surface area contributed by atoms with Gasteiger partial charge in [0.2, 0.25) is 0 Å².